The van der Waals surface area contributed by atoms with E-state index >= 15 is 0 Å². The lowest BCUT2D eigenvalue weighted by Gasteiger charge is -2.27. The molecule has 0 unspecified atom stereocenters. The molecule has 0 saturated heterocycles. The van der Waals surface area contributed by atoms with Gasteiger partial charge in [-0.2, -0.15) is 4.90 Å². The topological polar surface area (TPSA) is 68.7 Å². The van der Waals surface area contributed by atoms with Gasteiger partial charge in [-0.25, -0.2) is 14.6 Å². The van der Waals surface area contributed by atoms with Crippen molar-refractivity contribution in [2.45, 2.75) is 72.4 Å². The van der Waals surface area contributed by atoms with Crippen molar-refractivity contribution >= 4 is 36.7 Å². The Morgan fingerprint density at radius 1 is 1.04 bits per heavy atom. The van der Waals surface area contributed by atoms with Crippen LogP contribution in [0.5, 0.6) is 0 Å². The maximum Gasteiger partial charge on any atom is 0.426 e. The fourth-order valence-electron chi connectivity index (χ4n) is 1.52. The molecule has 0 fully saturated rings. The second kappa shape index (κ2) is 7.80. The van der Waals surface area contributed by atoms with E-state index in [1.54, 1.807) is 47.7 Å². The molecular weight excluding hydrogens is 368 g/mol. The zero-order valence-electron chi connectivity index (χ0n) is 17.0. The Hall–Kier alpha value is -1.85. The molecule has 0 aliphatic heterocycles. The van der Waals surface area contributed by atoms with E-state index in [-0.39, 0.29) is 5.13 Å². The molecule has 0 radical (unpaired) electrons. The van der Waals surface area contributed by atoms with Crippen molar-refractivity contribution in [1.82, 2.24) is 4.98 Å². The SMILES string of the molecule is CC(C)(C)OC(=O)N(C(=O)OC(C)(C)C)c1ncc(C#C[Si](C)(C)C)s1. The number of hydrogen-bond donors (Lipinski definition) is 0. The first-order chi connectivity index (χ1) is 11.6. The molecule has 8 heteroatoms. The number of ether oxygens (including phenoxy) is 2. The minimum Gasteiger partial charge on any atom is -0.443 e. The van der Waals surface area contributed by atoms with Gasteiger partial charge in [0.2, 0.25) is 5.13 Å². The summed E-state index contributed by atoms with van der Waals surface area (Å²) < 4.78 is 10.7. The Morgan fingerprint density at radius 2 is 1.50 bits per heavy atom. The summed E-state index contributed by atoms with van der Waals surface area (Å²) in [7, 11) is -1.54. The fourth-order valence-corrected chi connectivity index (χ4v) is 2.87. The van der Waals surface area contributed by atoms with Crippen LogP contribution in [0.15, 0.2) is 6.20 Å². The van der Waals surface area contributed by atoms with Gasteiger partial charge >= 0.3 is 12.2 Å². The molecule has 2 amide bonds. The molecule has 26 heavy (non-hydrogen) atoms. The van der Waals surface area contributed by atoms with E-state index in [4.69, 9.17) is 9.47 Å². The molecule has 144 valence electrons. The van der Waals surface area contributed by atoms with Crippen LogP contribution in [-0.2, 0) is 9.47 Å². The third-order valence-electron chi connectivity index (χ3n) is 2.40. The Balaban J connectivity index is 3.20. The van der Waals surface area contributed by atoms with Gasteiger partial charge in [0, 0.05) is 0 Å². The summed E-state index contributed by atoms with van der Waals surface area (Å²) in [5.41, 5.74) is 1.72. The molecule has 0 atom stereocenters. The molecule has 0 aliphatic carbocycles. The van der Waals surface area contributed by atoms with E-state index in [9.17, 15) is 9.59 Å². The monoisotopic (exact) mass is 396 g/mol. The van der Waals surface area contributed by atoms with E-state index in [0.29, 0.717) is 4.88 Å². The Morgan fingerprint density at radius 3 is 1.88 bits per heavy atom. The first kappa shape index (κ1) is 22.2. The minimum absolute atomic E-state index is 0.174. The first-order valence-corrected chi connectivity index (χ1v) is 12.6. The third-order valence-corrected chi connectivity index (χ3v) is 4.17. The van der Waals surface area contributed by atoms with Gasteiger partial charge in [-0.15, -0.1) is 5.54 Å². The van der Waals surface area contributed by atoms with Crippen molar-refractivity contribution < 1.29 is 19.1 Å². The molecule has 6 nitrogen and oxygen atoms in total. The van der Waals surface area contributed by atoms with Gasteiger partial charge in [-0.05, 0) is 41.5 Å². The lowest BCUT2D eigenvalue weighted by molar-refractivity contribution is 0.0430. The molecule has 0 spiro atoms. The smallest absolute Gasteiger partial charge is 0.426 e. The van der Waals surface area contributed by atoms with Crippen LogP contribution >= 0.6 is 11.3 Å². The van der Waals surface area contributed by atoms with Crippen molar-refractivity contribution in [3.8, 4) is 11.5 Å². The molecule has 1 rings (SSSR count). The van der Waals surface area contributed by atoms with Gasteiger partial charge in [0.1, 0.15) is 19.3 Å². The van der Waals surface area contributed by atoms with Gasteiger partial charge in [0.05, 0.1) is 11.1 Å². The molecule has 1 aromatic rings. The summed E-state index contributed by atoms with van der Waals surface area (Å²) in [4.78, 5) is 30.8. The van der Waals surface area contributed by atoms with Crippen LogP contribution in [-0.4, -0.2) is 36.4 Å². The third kappa shape index (κ3) is 8.02. The molecular formula is C18H28N2O4SSi. The van der Waals surface area contributed by atoms with E-state index in [1.807, 2.05) is 0 Å². The highest BCUT2D eigenvalue weighted by Crippen LogP contribution is 2.26. The van der Waals surface area contributed by atoms with Gasteiger partial charge in [-0.1, -0.05) is 36.9 Å². The second-order valence-corrected chi connectivity index (χ2v) is 14.6. The highest BCUT2D eigenvalue weighted by atomic mass is 32.1. The van der Waals surface area contributed by atoms with Crippen LogP contribution in [0.4, 0.5) is 14.7 Å². The maximum atomic E-state index is 12.6. The van der Waals surface area contributed by atoms with Crippen LogP contribution in [0.1, 0.15) is 46.4 Å². The summed E-state index contributed by atoms with van der Waals surface area (Å²) in [6.07, 6.45) is -0.105. The summed E-state index contributed by atoms with van der Waals surface area (Å²) in [5, 5.41) is 0.174. The first-order valence-electron chi connectivity index (χ1n) is 8.32. The van der Waals surface area contributed by atoms with Gasteiger partial charge in [0.15, 0.2) is 0 Å². The van der Waals surface area contributed by atoms with Crippen molar-refractivity contribution in [3.05, 3.63) is 11.1 Å². The number of thiazole rings is 1. The summed E-state index contributed by atoms with van der Waals surface area (Å²) >= 11 is 1.15. The average Bonchev–Trinajstić information content (AvgIpc) is 2.79. The van der Waals surface area contributed by atoms with Crippen molar-refractivity contribution in [2.24, 2.45) is 0 Å². The van der Waals surface area contributed by atoms with Crippen LogP contribution in [0.2, 0.25) is 19.6 Å². The lowest BCUT2D eigenvalue weighted by Crippen LogP contribution is -2.43. The highest BCUT2D eigenvalue weighted by Gasteiger charge is 2.34. The van der Waals surface area contributed by atoms with Crippen molar-refractivity contribution in [2.75, 3.05) is 4.90 Å². The standard InChI is InChI=1S/C18H28N2O4SSi/c1-17(2,3)23-15(21)20(16(22)24-18(4,5)6)14-19-12-13(25-14)10-11-26(7,8)9/h12H,1-9H3. The average molecular weight is 397 g/mol. The number of hydrogen-bond acceptors (Lipinski definition) is 6. The summed E-state index contributed by atoms with van der Waals surface area (Å²) in [6, 6.07) is 0. The summed E-state index contributed by atoms with van der Waals surface area (Å²) in [6.45, 7) is 16.8. The molecule has 0 aliphatic rings. The van der Waals surface area contributed by atoms with E-state index in [0.717, 1.165) is 16.2 Å². The number of amides is 2. The normalized spacial score (nSPS) is 12.0. The Labute approximate surface area is 160 Å². The minimum atomic E-state index is -1.54. The van der Waals surface area contributed by atoms with Crippen LogP contribution in [0, 0.1) is 11.5 Å². The number of imide groups is 1. The highest BCUT2D eigenvalue weighted by molar-refractivity contribution is 7.16. The zero-order valence-corrected chi connectivity index (χ0v) is 18.8. The zero-order chi connectivity index (χ0) is 20.3. The lowest BCUT2D eigenvalue weighted by atomic mass is 10.2. The summed E-state index contributed by atoms with van der Waals surface area (Å²) in [5.74, 6) is 3.07. The number of carbonyl (C=O) groups excluding carboxylic acids is 2. The number of nitrogens with zero attached hydrogens (tertiary/aromatic N) is 2. The van der Waals surface area contributed by atoms with E-state index in [2.05, 4.69) is 36.1 Å². The van der Waals surface area contributed by atoms with Gasteiger partial charge in [0.25, 0.3) is 0 Å². The fraction of sp³-hybridized carbons (Fsp3) is 0.611. The molecule has 1 heterocycles. The molecule has 0 N–H and O–H groups in total. The van der Waals surface area contributed by atoms with Crippen molar-refractivity contribution in [3.63, 3.8) is 0 Å². The predicted octanol–water partition coefficient (Wildman–Crippen LogP) is 5.05. The Kier molecular flexibility index (Phi) is 6.66. The van der Waals surface area contributed by atoms with E-state index < -0.39 is 31.5 Å². The maximum absolute atomic E-state index is 12.6. The van der Waals surface area contributed by atoms with Crippen molar-refractivity contribution in [1.29, 1.82) is 0 Å². The number of anilines is 1. The van der Waals surface area contributed by atoms with Gasteiger partial charge < -0.3 is 9.47 Å². The molecule has 0 aromatic carbocycles. The predicted molar refractivity (Wildman–Crippen MR) is 107 cm³/mol. The number of carbonyl (C=O) groups is 2. The quantitative estimate of drug-likeness (QED) is 0.491. The number of aromatic nitrogens is 1. The molecule has 1 aromatic heterocycles. The second-order valence-electron chi connectivity index (χ2n) is 8.80. The Bertz CT molecular complexity index is 699. The molecule has 0 bridgehead atoms. The number of rotatable bonds is 1. The van der Waals surface area contributed by atoms with Gasteiger partial charge in [-0.3, -0.25) is 0 Å². The van der Waals surface area contributed by atoms with Crippen LogP contribution < -0.4 is 4.90 Å². The molecule has 0 saturated carbocycles. The largest absolute Gasteiger partial charge is 0.443 e. The van der Waals surface area contributed by atoms with E-state index in [1.165, 1.54) is 0 Å². The van der Waals surface area contributed by atoms with Crippen LogP contribution in [0.3, 0.4) is 0 Å². The van der Waals surface area contributed by atoms with Crippen LogP contribution in [0.25, 0.3) is 0 Å².